The van der Waals surface area contributed by atoms with Crippen LogP contribution in [0.3, 0.4) is 0 Å². The van der Waals surface area contributed by atoms with E-state index >= 15 is 0 Å². The molecule has 0 saturated heterocycles. The van der Waals surface area contributed by atoms with Gasteiger partial charge in [-0.3, -0.25) is 24.6 Å². The van der Waals surface area contributed by atoms with Gasteiger partial charge in [-0.15, -0.1) is 0 Å². The summed E-state index contributed by atoms with van der Waals surface area (Å²) in [6.45, 7) is 0. The number of anilines is 3. The van der Waals surface area contributed by atoms with Gasteiger partial charge < -0.3 is 10.6 Å². The number of amides is 2. The van der Waals surface area contributed by atoms with Gasteiger partial charge in [0.1, 0.15) is 5.82 Å². The number of nitro benzene ring substituents is 1. The predicted molar refractivity (Wildman–Crippen MR) is 105 cm³/mol. The topological polar surface area (TPSA) is 128 Å². The number of nitrogens with zero attached hydrogens (tertiary/aromatic N) is 3. The van der Waals surface area contributed by atoms with Gasteiger partial charge in [0.2, 0.25) is 11.8 Å². The fourth-order valence-electron chi connectivity index (χ4n) is 3.49. The molecule has 9 heteroatoms. The highest BCUT2D eigenvalue weighted by molar-refractivity contribution is 6.08. The summed E-state index contributed by atoms with van der Waals surface area (Å²) in [6, 6.07) is 14.8. The van der Waals surface area contributed by atoms with Gasteiger partial charge in [-0.25, -0.2) is 0 Å². The Morgan fingerprint density at radius 1 is 1.28 bits per heavy atom. The number of carbonyl (C=O) groups excluding carboxylic acids is 2. The van der Waals surface area contributed by atoms with Crippen molar-refractivity contribution in [1.29, 1.82) is 5.26 Å². The van der Waals surface area contributed by atoms with Gasteiger partial charge in [-0.2, -0.15) is 5.26 Å². The van der Waals surface area contributed by atoms with Gasteiger partial charge in [0.25, 0.3) is 5.69 Å². The number of hydrogen-bond donors (Lipinski definition) is 2. The fourth-order valence-corrected chi connectivity index (χ4v) is 3.49. The van der Waals surface area contributed by atoms with Gasteiger partial charge in [-0.1, -0.05) is 12.1 Å². The fraction of sp³-hybridized carbons (Fsp3) is 0.150. The standard InChI is InChI=1S/C20H15N5O4/c21-11-13-9-12(10-18(26)22-14-5-7-15(8-6-14)25(28)29)20(27)24-17-4-2-1-3-16(17)23-19(13)24/h1-8,12,23H,9-10H2,(H,22,26). The van der Waals surface area contributed by atoms with E-state index in [1.165, 1.54) is 29.2 Å². The lowest BCUT2D eigenvalue weighted by Gasteiger charge is -2.29. The quantitative estimate of drug-likeness (QED) is 0.611. The maximum absolute atomic E-state index is 13.0. The van der Waals surface area contributed by atoms with Gasteiger partial charge in [-0.05, 0) is 30.7 Å². The molecule has 2 aliphatic heterocycles. The second-order valence-corrected chi connectivity index (χ2v) is 6.71. The maximum atomic E-state index is 13.0. The van der Waals surface area contributed by atoms with Gasteiger partial charge >= 0.3 is 0 Å². The third-order valence-corrected chi connectivity index (χ3v) is 4.86. The molecule has 1 unspecified atom stereocenters. The number of nitro groups is 1. The summed E-state index contributed by atoms with van der Waals surface area (Å²) in [6.07, 6.45) is 0.0583. The second-order valence-electron chi connectivity index (χ2n) is 6.71. The lowest BCUT2D eigenvalue weighted by molar-refractivity contribution is -0.384. The van der Waals surface area contributed by atoms with Crippen LogP contribution in [0.4, 0.5) is 22.7 Å². The molecule has 2 amide bonds. The van der Waals surface area contributed by atoms with Crippen LogP contribution in [0.25, 0.3) is 0 Å². The molecule has 0 fully saturated rings. The number of rotatable bonds is 4. The molecule has 4 rings (SSSR count). The number of fused-ring (bicyclic) bond motifs is 3. The van der Waals surface area contributed by atoms with E-state index in [9.17, 15) is 25.0 Å². The van der Waals surface area contributed by atoms with Crippen LogP contribution < -0.4 is 15.5 Å². The monoisotopic (exact) mass is 389 g/mol. The Kier molecular flexibility index (Phi) is 4.44. The molecule has 0 bridgehead atoms. The zero-order valence-electron chi connectivity index (χ0n) is 15.1. The first-order valence-corrected chi connectivity index (χ1v) is 8.85. The van der Waals surface area contributed by atoms with Crippen LogP contribution in [0.2, 0.25) is 0 Å². The molecule has 2 aromatic rings. The van der Waals surface area contributed by atoms with Crippen LogP contribution in [0.1, 0.15) is 12.8 Å². The van der Waals surface area contributed by atoms with Crippen molar-refractivity contribution in [2.24, 2.45) is 5.92 Å². The van der Waals surface area contributed by atoms with E-state index in [2.05, 4.69) is 16.7 Å². The van der Waals surface area contributed by atoms with E-state index < -0.39 is 16.7 Å². The number of hydrogen-bond acceptors (Lipinski definition) is 6. The number of non-ortho nitro benzene ring substituents is 1. The number of carbonyl (C=O) groups is 2. The molecule has 0 aromatic heterocycles. The van der Waals surface area contributed by atoms with Crippen molar-refractivity contribution >= 4 is 34.6 Å². The Bertz CT molecular complexity index is 1100. The molecule has 0 aliphatic carbocycles. The van der Waals surface area contributed by atoms with Crippen LogP contribution in [-0.2, 0) is 9.59 Å². The number of allylic oxidation sites excluding steroid dienone is 1. The maximum Gasteiger partial charge on any atom is 0.269 e. The highest BCUT2D eigenvalue weighted by atomic mass is 16.6. The largest absolute Gasteiger partial charge is 0.339 e. The highest BCUT2D eigenvalue weighted by Gasteiger charge is 2.41. The van der Waals surface area contributed by atoms with Crippen molar-refractivity contribution in [3.63, 3.8) is 0 Å². The Morgan fingerprint density at radius 2 is 2.00 bits per heavy atom. The van der Waals surface area contributed by atoms with E-state index in [0.29, 0.717) is 22.8 Å². The van der Waals surface area contributed by atoms with Crippen LogP contribution in [-0.4, -0.2) is 16.7 Å². The summed E-state index contributed by atoms with van der Waals surface area (Å²) in [7, 11) is 0. The molecule has 2 aliphatic rings. The molecule has 0 radical (unpaired) electrons. The molecule has 2 N–H and O–H groups in total. The third kappa shape index (κ3) is 3.27. The van der Waals surface area contributed by atoms with Crippen LogP contribution in [0, 0.1) is 27.4 Å². The molecule has 9 nitrogen and oxygen atoms in total. The third-order valence-electron chi connectivity index (χ3n) is 4.86. The van der Waals surface area contributed by atoms with E-state index in [-0.39, 0.29) is 24.4 Å². The minimum atomic E-state index is -0.681. The average Bonchev–Trinajstić information content (AvgIpc) is 3.10. The average molecular weight is 389 g/mol. The lowest BCUT2D eigenvalue weighted by Crippen LogP contribution is -2.40. The van der Waals surface area contributed by atoms with E-state index in [0.717, 1.165) is 5.69 Å². The molecule has 0 saturated carbocycles. The number of benzene rings is 2. The SMILES string of the molecule is N#CC1=C2Nc3ccccc3N2C(=O)C(CC(=O)Nc2ccc([N+](=O)[O-])cc2)C1. The van der Waals surface area contributed by atoms with Gasteiger partial charge in [0.15, 0.2) is 0 Å². The Hall–Kier alpha value is -4.19. The summed E-state index contributed by atoms with van der Waals surface area (Å²) < 4.78 is 0. The van der Waals surface area contributed by atoms with E-state index in [1.807, 2.05) is 12.1 Å². The smallest absolute Gasteiger partial charge is 0.269 e. The van der Waals surface area contributed by atoms with E-state index in [1.54, 1.807) is 12.1 Å². The van der Waals surface area contributed by atoms with Crippen molar-refractivity contribution in [1.82, 2.24) is 0 Å². The van der Waals surface area contributed by atoms with Crippen LogP contribution in [0.15, 0.2) is 59.9 Å². The molecule has 2 heterocycles. The summed E-state index contributed by atoms with van der Waals surface area (Å²) in [5.41, 5.74) is 2.12. The molecular formula is C20H15N5O4. The first-order chi connectivity index (χ1) is 14.0. The minimum Gasteiger partial charge on any atom is -0.339 e. The Labute approximate surface area is 165 Å². The summed E-state index contributed by atoms with van der Waals surface area (Å²) >= 11 is 0. The van der Waals surface area contributed by atoms with Crippen molar-refractivity contribution in [3.05, 3.63) is 70.0 Å². The van der Waals surface area contributed by atoms with Crippen LogP contribution >= 0.6 is 0 Å². The van der Waals surface area contributed by atoms with Crippen molar-refractivity contribution in [3.8, 4) is 6.07 Å². The normalized spacial score (nSPS) is 17.1. The number of nitrogens with one attached hydrogen (secondary N) is 2. The van der Waals surface area contributed by atoms with Crippen molar-refractivity contribution in [2.45, 2.75) is 12.8 Å². The molecule has 1 atom stereocenters. The molecule has 29 heavy (non-hydrogen) atoms. The zero-order chi connectivity index (χ0) is 20.5. The lowest BCUT2D eigenvalue weighted by atomic mass is 9.91. The highest BCUT2D eigenvalue weighted by Crippen LogP contribution is 2.42. The Balaban J connectivity index is 1.51. The molecule has 2 aromatic carbocycles. The molecule has 0 spiro atoms. The summed E-state index contributed by atoms with van der Waals surface area (Å²) in [5, 5.41) is 26.0. The first-order valence-electron chi connectivity index (χ1n) is 8.85. The number of nitriles is 1. The van der Waals surface area contributed by atoms with Crippen molar-refractivity contribution in [2.75, 3.05) is 15.5 Å². The summed E-state index contributed by atoms with van der Waals surface area (Å²) in [5.74, 6) is -0.890. The zero-order valence-corrected chi connectivity index (χ0v) is 15.1. The van der Waals surface area contributed by atoms with Gasteiger partial charge in [0, 0.05) is 24.2 Å². The minimum absolute atomic E-state index is 0.0815. The predicted octanol–water partition coefficient (Wildman–Crippen LogP) is 3.14. The summed E-state index contributed by atoms with van der Waals surface area (Å²) in [4.78, 5) is 37.1. The van der Waals surface area contributed by atoms with Crippen LogP contribution in [0.5, 0.6) is 0 Å². The second kappa shape index (κ2) is 7.09. The van der Waals surface area contributed by atoms with E-state index in [4.69, 9.17) is 0 Å². The van der Waals surface area contributed by atoms with Gasteiger partial charge in [0.05, 0.1) is 33.9 Å². The first kappa shape index (κ1) is 18.2. The molecule has 144 valence electrons. The Morgan fingerprint density at radius 3 is 2.69 bits per heavy atom. The molecular weight excluding hydrogens is 374 g/mol. The number of para-hydroxylation sites is 2. The van der Waals surface area contributed by atoms with Crippen molar-refractivity contribution < 1.29 is 14.5 Å².